The number of Topliss-reactive ketones (excluding diaryl/α,β-unsaturated/α-hetero) is 1. The van der Waals surface area contributed by atoms with Gasteiger partial charge in [-0.3, -0.25) is 24.0 Å². The molecule has 12 nitrogen and oxygen atoms in total. The standard InChI is InChI=1S/C29H35N5O7/c1-41-23-7-3-6-20-19(23)11-21(31-20)29(40)34-12-15-4-2-5-18(15)25(34)27(38)32-22(14-33-13-17(35)10-24(33)36)26(37)28(39)30-16-8-9-16/h3,6-7,11,15-18,22,25,31,35H,2,4-5,8-10,12-14H2,1H3,(H,30,39)(H,32,38)/t15-,17+,18-,22-,25-/m0/s1. The lowest BCUT2D eigenvalue weighted by Gasteiger charge is -2.30. The predicted molar refractivity (Wildman–Crippen MR) is 146 cm³/mol. The molecule has 4 fully saturated rings. The van der Waals surface area contributed by atoms with Gasteiger partial charge in [-0.1, -0.05) is 12.5 Å². The highest BCUT2D eigenvalue weighted by Gasteiger charge is 2.50. The Kier molecular flexibility index (Phi) is 7.18. The molecule has 3 heterocycles. The second-order valence-electron chi connectivity index (χ2n) is 11.7. The fourth-order valence-electron chi connectivity index (χ4n) is 6.67. The molecule has 0 bridgehead atoms. The number of hydrogen-bond acceptors (Lipinski definition) is 7. The summed E-state index contributed by atoms with van der Waals surface area (Å²) >= 11 is 0. The monoisotopic (exact) mass is 565 g/mol. The van der Waals surface area contributed by atoms with Gasteiger partial charge in [0.05, 0.1) is 19.6 Å². The Bertz CT molecular complexity index is 1400. The van der Waals surface area contributed by atoms with Crippen molar-refractivity contribution in [3.8, 4) is 5.75 Å². The number of amides is 4. The molecule has 0 unspecified atom stereocenters. The second-order valence-corrected chi connectivity index (χ2v) is 11.7. The van der Waals surface area contributed by atoms with Gasteiger partial charge in [-0.2, -0.15) is 0 Å². The molecule has 2 saturated carbocycles. The molecule has 2 aliphatic heterocycles. The van der Waals surface area contributed by atoms with Crippen molar-refractivity contribution in [1.29, 1.82) is 0 Å². The zero-order valence-corrected chi connectivity index (χ0v) is 22.9. The molecule has 0 spiro atoms. The summed E-state index contributed by atoms with van der Waals surface area (Å²) in [6, 6.07) is 5.01. The average Bonchev–Trinajstić information content (AvgIpc) is 3.26. The van der Waals surface area contributed by atoms with E-state index in [1.54, 1.807) is 18.1 Å². The van der Waals surface area contributed by atoms with Crippen LogP contribution in [-0.4, -0.2) is 100 Å². The van der Waals surface area contributed by atoms with E-state index >= 15 is 0 Å². The number of aliphatic hydroxyl groups is 1. The van der Waals surface area contributed by atoms with Crippen LogP contribution in [0.2, 0.25) is 0 Å². The number of benzene rings is 1. The van der Waals surface area contributed by atoms with Gasteiger partial charge in [-0.15, -0.1) is 0 Å². The van der Waals surface area contributed by atoms with E-state index in [1.807, 2.05) is 18.2 Å². The van der Waals surface area contributed by atoms with Gasteiger partial charge in [-0.25, -0.2) is 0 Å². The van der Waals surface area contributed by atoms with E-state index in [2.05, 4.69) is 15.6 Å². The fourth-order valence-corrected chi connectivity index (χ4v) is 6.67. The minimum atomic E-state index is -1.30. The molecule has 218 valence electrons. The number of rotatable bonds is 9. The largest absolute Gasteiger partial charge is 0.496 e. The van der Waals surface area contributed by atoms with Crippen molar-refractivity contribution in [3.05, 3.63) is 30.0 Å². The molecule has 2 aliphatic carbocycles. The number of ketones is 1. The smallest absolute Gasteiger partial charge is 0.289 e. The van der Waals surface area contributed by atoms with Crippen molar-refractivity contribution in [2.24, 2.45) is 11.8 Å². The molecule has 4 amide bonds. The van der Waals surface area contributed by atoms with Gasteiger partial charge >= 0.3 is 0 Å². The van der Waals surface area contributed by atoms with E-state index < -0.39 is 35.8 Å². The lowest BCUT2D eigenvalue weighted by atomic mass is 9.93. The summed E-state index contributed by atoms with van der Waals surface area (Å²) in [4.78, 5) is 72.1. The van der Waals surface area contributed by atoms with Crippen molar-refractivity contribution < 1.29 is 33.8 Å². The number of carbonyl (C=O) groups is 5. The van der Waals surface area contributed by atoms with Gasteiger partial charge in [0.1, 0.15) is 23.5 Å². The number of hydrogen-bond donors (Lipinski definition) is 4. The third-order valence-corrected chi connectivity index (χ3v) is 8.86. The number of aromatic nitrogens is 1. The van der Waals surface area contributed by atoms with Crippen molar-refractivity contribution in [1.82, 2.24) is 25.4 Å². The van der Waals surface area contributed by atoms with Gasteiger partial charge in [0.25, 0.3) is 11.8 Å². The van der Waals surface area contributed by atoms with Crippen LogP contribution in [0.15, 0.2) is 24.3 Å². The van der Waals surface area contributed by atoms with Crippen LogP contribution in [0.5, 0.6) is 5.75 Å². The van der Waals surface area contributed by atoms with E-state index in [0.29, 0.717) is 18.0 Å². The average molecular weight is 566 g/mol. The maximum Gasteiger partial charge on any atom is 0.289 e. The molecule has 12 heteroatoms. The third kappa shape index (κ3) is 5.28. The van der Waals surface area contributed by atoms with Crippen LogP contribution < -0.4 is 15.4 Å². The van der Waals surface area contributed by atoms with E-state index in [0.717, 1.165) is 43.0 Å². The fraction of sp³-hybridized carbons (Fsp3) is 0.552. The number of methoxy groups -OCH3 is 1. The maximum atomic E-state index is 13.9. The third-order valence-electron chi connectivity index (χ3n) is 8.86. The van der Waals surface area contributed by atoms with Crippen LogP contribution in [0.3, 0.4) is 0 Å². The van der Waals surface area contributed by atoms with E-state index in [4.69, 9.17) is 4.74 Å². The summed E-state index contributed by atoms with van der Waals surface area (Å²) < 4.78 is 5.43. The molecule has 1 aromatic carbocycles. The SMILES string of the molecule is COc1cccc2[nH]c(C(=O)N3C[C@@H]4CCC[C@@H]4[C@H]3C(=O)N[C@@H](CN3C[C@H](O)CC3=O)C(=O)C(=O)NC3CC3)cc12. The first kappa shape index (κ1) is 27.3. The predicted octanol–water partition coefficient (Wildman–Crippen LogP) is 0.343. The quantitative estimate of drug-likeness (QED) is 0.319. The van der Waals surface area contributed by atoms with Crippen LogP contribution in [-0.2, 0) is 19.2 Å². The van der Waals surface area contributed by atoms with Gasteiger partial charge in [0.2, 0.25) is 17.6 Å². The molecule has 41 heavy (non-hydrogen) atoms. The first-order chi connectivity index (χ1) is 19.7. The molecular weight excluding hydrogens is 530 g/mol. The van der Waals surface area contributed by atoms with Crippen molar-refractivity contribution in [2.75, 3.05) is 26.7 Å². The molecule has 2 aromatic rings. The number of nitrogens with one attached hydrogen (secondary N) is 3. The number of nitrogens with zero attached hydrogens (tertiary/aromatic N) is 2. The number of β-amino-alcohol motifs (C(OH)–C–C–N with tert-alkyl or cyclic N) is 1. The molecule has 1 aromatic heterocycles. The summed E-state index contributed by atoms with van der Waals surface area (Å²) in [5, 5.41) is 16.1. The Labute approximate surface area is 236 Å². The van der Waals surface area contributed by atoms with Crippen LogP contribution in [0, 0.1) is 11.8 Å². The molecule has 0 radical (unpaired) electrons. The number of H-pyrrole nitrogens is 1. The summed E-state index contributed by atoms with van der Waals surface area (Å²) in [6.45, 7) is 0.201. The molecule has 2 saturated heterocycles. The highest BCUT2D eigenvalue weighted by atomic mass is 16.5. The first-order valence-corrected chi connectivity index (χ1v) is 14.3. The van der Waals surface area contributed by atoms with Crippen LogP contribution in [0.4, 0.5) is 0 Å². The van der Waals surface area contributed by atoms with E-state index in [1.165, 1.54) is 4.90 Å². The van der Waals surface area contributed by atoms with E-state index in [9.17, 15) is 29.1 Å². The molecule has 4 aliphatic rings. The lowest BCUT2D eigenvalue weighted by molar-refractivity contribution is -0.141. The summed E-state index contributed by atoms with van der Waals surface area (Å²) in [5.41, 5.74) is 1.06. The highest BCUT2D eigenvalue weighted by Crippen LogP contribution is 2.43. The minimum absolute atomic E-state index is 0.0192. The highest BCUT2D eigenvalue weighted by molar-refractivity contribution is 6.38. The molecule has 5 atom stereocenters. The Morgan fingerprint density at radius 3 is 2.66 bits per heavy atom. The zero-order chi connectivity index (χ0) is 28.8. The second kappa shape index (κ2) is 10.8. The Hall–Kier alpha value is -3.93. The van der Waals surface area contributed by atoms with Crippen molar-refractivity contribution >= 4 is 40.3 Å². The van der Waals surface area contributed by atoms with Gasteiger partial charge < -0.3 is 35.3 Å². The van der Waals surface area contributed by atoms with Crippen molar-refractivity contribution in [2.45, 2.75) is 62.8 Å². The van der Waals surface area contributed by atoms with Crippen molar-refractivity contribution in [3.63, 3.8) is 0 Å². The topological polar surface area (TPSA) is 161 Å². The lowest BCUT2D eigenvalue weighted by Crippen LogP contribution is -2.58. The minimum Gasteiger partial charge on any atom is -0.496 e. The summed E-state index contributed by atoms with van der Waals surface area (Å²) in [6.07, 6.45) is 3.23. The molecule has 6 rings (SSSR count). The first-order valence-electron chi connectivity index (χ1n) is 14.3. The number of fused-ring (bicyclic) bond motifs is 2. The van der Waals surface area contributed by atoms with Gasteiger partial charge in [-0.05, 0) is 55.7 Å². The Morgan fingerprint density at radius 2 is 1.95 bits per heavy atom. The van der Waals surface area contributed by atoms with Gasteiger partial charge in [0, 0.05) is 36.6 Å². The summed E-state index contributed by atoms with van der Waals surface area (Å²) in [7, 11) is 1.56. The maximum absolute atomic E-state index is 13.9. The normalized spacial score (nSPS) is 26.2. The Morgan fingerprint density at radius 1 is 1.15 bits per heavy atom. The van der Waals surface area contributed by atoms with Crippen LogP contribution >= 0.6 is 0 Å². The number of aromatic amines is 1. The number of carbonyl (C=O) groups excluding carboxylic acids is 5. The number of aliphatic hydroxyl groups excluding tert-OH is 1. The van der Waals surface area contributed by atoms with Gasteiger partial charge in [0.15, 0.2) is 0 Å². The number of ether oxygens (including phenoxy) is 1. The zero-order valence-electron chi connectivity index (χ0n) is 22.9. The molecule has 4 N–H and O–H groups in total. The number of likely N-dealkylation sites (tertiary alicyclic amines) is 2. The van der Waals surface area contributed by atoms with Crippen LogP contribution in [0.1, 0.15) is 49.0 Å². The summed E-state index contributed by atoms with van der Waals surface area (Å²) in [5.74, 6) is -2.17. The van der Waals surface area contributed by atoms with E-state index in [-0.39, 0.29) is 49.2 Å². The molecular formula is C29H35N5O7. The van der Waals surface area contributed by atoms with Crippen LogP contribution in [0.25, 0.3) is 10.9 Å². The Balaban J connectivity index is 1.25.